The maximum absolute atomic E-state index is 11.9. The summed E-state index contributed by atoms with van der Waals surface area (Å²) >= 11 is 0. The van der Waals surface area contributed by atoms with Crippen molar-refractivity contribution in [2.45, 2.75) is 45.4 Å². The van der Waals surface area contributed by atoms with Gasteiger partial charge in [0.1, 0.15) is 5.75 Å². The molecule has 20 heavy (non-hydrogen) atoms. The molecule has 110 valence electrons. The second kappa shape index (κ2) is 9.13. The largest absolute Gasteiger partial charge is 0.494 e. The van der Waals surface area contributed by atoms with E-state index in [1.165, 1.54) is 0 Å². The van der Waals surface area contributed by atoms with Crippen LogP contribution >= 0.6 is 0 Å². The number of benzene rings is 1. The minimum absolute atomic E-state index is 0.0514. The van der Waals surface area contributed by atoms with Gasteiger partial charge in [-0.25, -0.2) is 0 Å². The number of ketones is 1. The molecule has 0 fully saturated rings. The van der Waals surface area contributed by atoms with E-state index in [2.05, 4.69) is 6.92 Å². The Morgan fingerprint density at radius 2 is 1.70 bits per heavy atom. The molecule has 1 rings (SSSR count). The summed E-state index contributed by atoms with van der Waals surface area (Å²) < 4.78 is 5.53. The summed E-state index contributed by atoms with van der Waals surface area (Å²) in [5.74, 6) is 0.0161. The molecule has 4 heteroatoms. The van der Waals surface area contributed by atoms with Gasteiger partial charge in [0, 0.05) is 18.4 Å². The van der Waals surface area contributed by atoms with Gasteiger partial charge in [-0.2, -0.15) is 0 Å². The normalized spacial score (nSPS) is 10.2. The quantitative estimate of drug-likeness (QED) is 0.523. The number of hydrogen-bond acceptors (Lipinski definition) is 3. The lowest BCUT2D eigenvalue weighted by atomic mass is 10.0. The predicted octanol–water partition coefficient (Wildman–Crippen LogP) is 3.69. The van der Waals surface area contributed by atoms with Crippen LogP contribution in [0.5, 0.6) is 5.75 Å². The van der Waals surface area contributed by atoms with Crippen LogP contribution in [0.3, 0.4) is 0 Å². The number of hydrogen-bond donors (Lipinski definition) is 1. The SMILES string of the molecule is CCCCOc1ccc(C(=O)CCCCC(=O)O)cc1. The summed E-state index contributed by atoms with van der Waals surface area (Å²) in [5.41, 5.74) is 0.656. The van der Waals surface area contributed by atoms with E-state index in [1.807, 2.05) is 0 Å². The molecule has 0 radical (unpaired) electrons. The van der Waals surface area contributed by atoms with E-state index in [-0.39, 0.29) is 12.2 Å². The first-order valence-electron chi connectivity index (χ1n) is 7.11. The van der Waals surface area contributed by atoms with Crippen LogP contribution in [-0.2, 0) is 4.79 Å². The van der Waals surface area contributed by atoms with Gasteiger partial charge in [0.2, 0.25) is 0 Å². The molecule has 0 aliphatic heterocycles. The molecule has 0 atom stereocenters. The summed E-state index contributed by atoms with van der Waals surface area (Å²) in [7, 11) is 0. The minimum atomic E-state index is -0.814. The van der Waals surface area contributed by atoms with Gasteiger partial charge < -0.3 is 9.84 Å². The molecule has 0 aliphatic rings. The lowest BCUT2D eigenvalue weighted by molar-refractivity contribution is -0.137. The zero-order chi connectivity index (χ0) is 14.8. The number of carboxylic acid groups (broad SMARTS) is 1. The highest BCUT2D eigenvalue weighted by molar-refractivity contribution is 5.96. The van der Waals surface area contributed by atoms with Gasteiger partial charge in [-0.1, -0.05) is 13.3 Å². The van der Waals surface area contributed by atoms with Crippen molar-refractivity contribution in [2.24, 2.45) is 0 Å². The van der Waals surface area contributed by atoms with E-state index >= 15 is 0 Å². The second-order valence-corrected chi connectivity index (χ2v) is 4.75. The van der Waals surface area contributed by atoms with Crippen molar-refractivity contribution in [3.63, 3.8) is 0 Å². The molecule has 0 bridgehead atoms. The molecule has 1 aromatic carbocycles. The fourth-order valence-corrected chi connectivity index (χ4v) is 1.78. The molecule has 0 spiro atoms. The molecule has 0 aliphatic carbocycles. The minimum Gasteiger partial charge on any atom is -0.494 e. The lowest BCUT2D eigenvalue weighted by Gasteiger charge is -2.06. The summed E-state index contributed by atoms with van der Waals surface area (Å²) in [6, 6.07) is 7.14. The number of Topliss-reactive ketones (excluding diaryl/α,β-unsaturated/α-hetero) is 1. The molecule has 1 aromatic rings. The Labute approximate surface area is 119 Å². The maximum Gasteiger partial charge on any atom is 0.303 e. The number of carbonyl (C=O) groups excluding carboxylic acids is 1. The van der Waals surface area contributed by atoms with Gasteiger partial charge in [0.05, 0.1) is 6.61 Å². The third-order valence-electron chi connectivity index (χ3n) is 2.99. The maximum atomic E-state index is 11.9. The monoisotopic (exact) mass is 278 g/mol. The second-order valence-electron chi connectivity index (χ2n) is 4.75. The third kappa shape index (κ3) is 6.36. The van der Waals surface area contributed by atoms with Crippen molar-refractivity contribution in [3.05, 3.63) is 29.8 Å². The molecule has 0 unspecified atom stereocenters. The Kier molecular flexibility index (Phi) is 7.40. The molecule has 0 amide bonds. The van der Waals surface area contributed by atoms with Crippen molar-refractivity contribution >= 4 is 11.8 Å². The zero-order valence-corrected chi connectivity index (χ0v) is 11.9. The molecule has 0 aromatic heterocycles. The number of unbranched alkanes of at least 4 members (excludes halogenated alkanes) is 2. The summed E-state index contributed by atoms with van der Waals surface area (Å²) in [4.78, 5) is 22.2. The van der Waals surface area contributed by atoms with Gasteiger partial charge in [0.25, 0.3) is 0 Å². The van der Waals surface area contributed by atoms with Crippen LogP contribution in [-0.4, -0.2) is 23.5 Å². The fraction of sp³-hybridized carbons (Fsp3) is 0.500. The first kappa shape index (κ1) is 16.2. The predicted molar refractivity (Wildman–Crippen MR) is 77.3 cm³/mol. The average Bonchev–Trinajstić information content (AvgIpc) is 2.44. The van der Waals surface area contributed by atoms with E-state index in [4.69, 9.17) is 9.84 Å². The number of carbonyl (C=O) groups is 2. The van der Waals surface area contributed by atoms with E-state index in [0.29, 0.717) is 31.4 Å². The van der Waals surface area contributed by atoms with Crippen molar-refractivity contribution in [1.82, 2.24) is 0 Å². The van der Waals surface area contributed by atoms with Crippen LogP contribution in [0.2, 0.25) is 0 Å². The first-order valence-corrected chi connectivity index (χ1v) is 7.11. The highest BCUT2D eigenvalue weighted by atomic mass is 16.5. The van der Waals surface area contributed by atoms with Crippen molar-refractivity contribution in [1.29, 1.82) is 0 Å². The molecule has 1 N–H and O–H groups in total. The number of aliphatic carboxylic acids is 1. The molecule has 0 saturated carbocycles. The van der Waals surface area contributed by atoms with Crippen molar-refractivity contribution < 1.29 is 19.4 Å². The van der Waals surface area contributed by atoms with Gasteiger partial charge in [-0.05, 0) is 43.5 Å². The van der Waals surface area contributed by atoms with Crippen LogP contribution in [0.1, 0.15) is 55.8 Å². The average molecular weight is 278 g/mol. The molecule has 4 nitrogen and oxygen atoms in total. The van der Waals surface area contributed by atoms with E-state index < -0.39 is 5.97 Å². The van der Waals surface area contributed by atoms with Crippen molar-refractivity contribution in [3.8, 4) is 5.75 Å². The van der Waals surface area contributed by atoms with Crippen LogP contribution in [0.15, 0.2) is 24.3 Å². The van der Waals surface area contributed by atoms with Crippen molar-refractivity contribution in [2.75, 3.05) is 6.61 Å². The summed E-state index contributed by atoms with van der Waals surface area (Å²) in [5, 5.41) is 8.52. The van der Waals surface area contributed by atoms with Crippen LogP contribution in [0.25, 0.3) is 0 Å². The van der Waals surface area contributed by atoms with Crippen LogP contribution < -0.4 is 4.74 Å². The topological polar surface area (TPSA) is 63.6 Å². The standard InChI is InChI=1S/C16H22O4/c1-2-3-12-20-14-10-8-13(9-11-14)15(17)6-4-5-7-16(18)19/h8-11H,2-7,12H2,1H3,(H,18,19). The third-order valence-corrected chi connectivity index (χ3v) is 2.99. The van der Waals surface area contributed by atoms with Crippen LogP contribution in [0, 0.1) is 0 Å². The lowest BCUT2D eigenvalue weighted by Crippen LogP contribution is -2.01. The van der Waals surface area contributed by atoms with Gasteiger partial charge in [-0.3, -0.25) is 9.59 Å². The number of carboxylic acids is 1. The van der Waals surface area contributed by atoms with Gasteiger partial charge in [-0.15, -0.1) is 0 Å². The molecule has 0 saturated heterocycles. The summed E-state index contributed by atoms with van der Waals surface area (Å²) in [6.07, 6.45) is 3.77. The van der Waals surface area contributed by atoms with Gasteiger partial charge >= 0.3 is 5.97 Å². The first-order chi connectivity index (χ1) is 9.63. The van der Waals surface area contributed by atoms with E-state index in [9.17, 15) is 9.59 Å². The zero-order valence-electron chi connectivity index (χ0n) is 11.9. The Morgan fingerprint density at radius 1 is 1.05 bits per heavy atom. The highest BCUT2D eigenvalue weighted by Gasteiger charge is 2.06. The smallest absolute Gasteiger partial charge is 0.303 e. The molecular formula is C16H22O4. The molecule has 0 heterocycles. The Hall–Kier alpha value is -1.84. The van der Waals surface area contributed by atoms with E-state index in [1.54, 1.807) is 24.3 Å². The number of ether oxygens (including phenoxy) is 1. The van der Waals surface area contributed by atoms with Gasteiger partial charge in [0.15, 0.2) is 5.78 Å². The van der Waals surface area contributed by atoms with Crippen LogP contribution in [0.4, 0.5) is 0 Å². The Morgan fingerprint density at radius 3 is 2.30 bits per heavy atom. The highest BCUT2D eigenvalue weighted by Crippen LogP contribution is 2.15. The Bertz CT molecular complexity index is 423. The fourth-order valence-electron chi connectivity index (χ4n) is 1.78. The molecular weight excluding hydrogens is 256 g/mol. The number of rotatable bonds is 10. The van der Waals surface area contributed by atoms with E-state index in [0.717, 1.165) is 18.6 Å². The Balaban J connectivity index is 2.35. The summed E-state index contributed by atoms with van der Waals surface area (Å²) in [6.45, 7) is 2.80.